The van der Waals surface area contributed by atoms with E-state index in [0.717, 1.165) is 54.9 Å². The highest BCUT2D eigenvalue weighted by atomic mass is 16.1. The molecule has 0 radical (unpaired) electrons. The number of H-pyrrole nitrogens is 1. The van der Waals surface area contributed by atoms with Crippen molar-refractivity contribution in [3.63, 3.8) is 0 Å². The molecule has 1 aliphatic heterocycles. The van der Waals surface area contributed by atoms with E-state index in [2.05, 4.69) is 27.1 Å². The molecule has 1 saturated heterocycles. The molecule has 1 aliphatic rings. The summed E-state index contributed by atoms with van der Waals surface area (Å²) < 4.78 is 0. The van der Waals surface area contributed by atoms with Gasteiger partial charge in [0.05, 0.1) is 11.0 Å². The number of piperidine rings is 1. The zero-order valence-electron chi connectivity index (χ0n) is 15.0. The first-order valence-electron chi connectivity index (χ1n) is 9.31. The summed E-state index contributed by atoms with van der Waals surface area (Å²) in [5, 5.41) is 3.19. The molecule has 5 nitrogen and oxygen atoms in total. The van der Waals surface area contributed by atoms with Gasteiger partial charge < -0.3 is 15.2 Å². The lowest BCUT2D eigenvalue weighted by molar-refractivity contribution is 0.0906. The second kappa shape index (κ2) is 7.30. The molecule has 0 bridgehead atoms. The monoisotopic (exact) mass is 348 g/mol. The molecule has 1 aromatic heterocycles. The van der Waals surface area contributed by atoms with Crippen LogP contribution in [0.4, 0.5) is 0 Å². The van der Waals surface area contributed by atoms with Crippen LogP contribution in [-0.2, 0) is 0 Å². The number of benzene rings is 2. The van der Waals surface area contributed by atoms with Crippen LogP contribution in [0.5, 0.6) is 0 Å². The molecule has 3 aromatic rings. The summed E-state index contributed by atoms with van der Waals surface area (Å²) in [6.07, 6.45) is 2.18. The average Bonchev–Trinajstić information content (AvgIpc) is 3.12. The van der Waals surface area contributed by atoms with Crippen LogP contribution in [0.3, 0.4) is 0 Å². The van der Waals surface area contributed by atoms with Gasteiger partial charge in [-0.25, -0.2) is 4.98 Å². The third-order valence-electron chi connectivity index (χ3n) is 5.08. The molecule has 1 unspecified atom stereocenters. The highest BCUT2D eigenvalue weighted by molar-refractivity contribution is 5.95. The van der Waals surface area contributed by atoms with Gasteiger partial charge in [0.25, 0.3) is 5.91 Å². The number of rotatable bonds is 4. The molecular weight excluding hydrogens is 324 g/mol. The summed E-state index contributed by atoms with van der Waals surface area (Å²) in [7, 11) is 0. The second-order valence-electron chi connectivity index (χ2n) is 6.89. The van der Waals surface area contributed by atoms with Gasteiger partial charge >= 0.3 is 0 Å². The number of amides is 1. The Morgan fingerprint density at radius 2 is 2.15 bits per heavy atom. The van der Waals surface area contributed by atoms with Crippen molar-refractivity contribution in [1.29, 1.82) is 0 Å². The Bertz CT molecular complexity index is 884. The van der Waals surface area contributed by atoms with Crippen molar-refractivity contribution in [3.05, 3.63) is 54.1 Å². The van der Waals surface area contributed by atoms with Crippen LogP contribution in [0.1, 0.15) is 30.1 Å². The van der Waals surface area contributed by atoms with Gasteiger partial charge in [0.2, 0.25) is 0 Å². The Balaban J connectivity index is 1.52. The van der Waals surface area contributed by atoms with E-state index in [1.54, 1.807) is 0 Å². The first-order valence-corrected chi connectivity index (χ1v) is 9.31. The number of likely N-dealkylation sites (N-methyl/N-ethyl adjacent to an activating group) is 1. The number of fused-ring (bicyclic) bond motifs is 1. The van der Waals surface area contributed by atoms with Gasteiger partial charge in [-0.15, -0.1) is 0 Å². The zero-order chi connectivity index (χ0) is 17.9. The molecule has 2 N–H and O–H groups in total. The largest absolute Gasteiger partial charge is 0.348 e. The van der Waals surface area contributed by atoms with Crippen molar-refractivity contribution >= 4 is 16.9 Å². The van der Waals surface area contributed by atoms with Crippen molar-refractivity contribution in [1.82, 2.24) is 20.2 Å². The van der Waals surface area contributed by atoms with Gasteiger partial charge in [-0.05, 0) is 50.2 Å². The predicted octanol–water partition coefficient (Wildman–Crippen LogP) is 3.44. The van der Waals surface area contributed by atoms with Gasteiger partial charge in [0, 0.05) is 23.7 Å². The van der Waals surface area contributed by atoms with E-state index < -0.39 is 0 Å². The molecule has 1 atom stereocenters. The van der Waals surface area contributed by atoms with Gasteiger partial charge in [0.15, 0.2) is 0 Å². The molecule has 1 amide bonds. The molecule has 0 aliphatic carbocycles. The fourth-order valence-corrected chi connectivity index (χ4v) is 3.63. The standard InChI is InChI=1S/C21H24N4O/c1-2-25-12-6-9-17(14-25)22-21(26)16-8-5-7-15(13-16)20-23-18-10-3-4-11-19(18)24-20/h3-5,7-8,10-11,13,17H,2,6,9,12,14H2,1H3,(H,22,26)(H,23,24). The topological polar surface area (TPSA) is 61.0 Å². The molecular formula is C21H24N4O. The van der Waals surface area contributed by atoms with Gasteiger partial charge in [-0.1, -0.05) is 31.2 Å². The Hall–Kier alpha value is -2.66. The van der Waals surface area contributed by atoms with Crippen molar-refractivity contribution < 1.29 is 4.79 Å². The summed E-state index contributed by atoms with van der Waals surface area (Å²) in [6.45, 7) is 5.27. The number of carbonyl (C=O) groups excluding carboxylic acids is 1. The Morgan fingerprint density at radius 3 is 3.00 bits per heavy atom. The second-order valence-corrected chi connectivity index (χ2v) is 6.89. The number of likely N-dealkylation sites (tertiary alicyclic amines) is 1. The lowest BCUT2D eigenvalue weighted by Gasteiger charge is -2.32. The maximum atomic E-state index is 12.7. The number of hydrogen-bond donors (Lipinski definition) is 2. The van der Waals surface area contributed by atoms with E-state index >= 15 is 0 Å². The molecule has 2 heterocycles. The lowest BCUT2D eigenvalue weighted by Crippen LogP contribution is -2.47. The lowest BCUT2D eigenvalue weighted by atomic mass is 10.0. The van der Waals surface area contributed by atoms with Crippen molar-refractivity contribution in [2.45, 2.75) is 25.8 Å². The van der Waals surface area contributed by atoms with Crippen molar-refractivity contribution in [2.75, 3.05) is 19.6 Å². The van der Waals surface area contributed by atoms with E-state index in [4.69, 9.17) is 0 Å². The molecule has 0 spiro atoms. The first kappa shape index (κ1) is 16.8. The van der Waals surface area contributed by atoms with Crippen LogP contribution in [-0.4, -0.2) is 46.5 Å². The maximum Gasteiger partial charge on any atom is 0.251 e. The average molecular weight is 348 g/mol. The molecule has 1 fully saturated rings. The smallest absolute Gasteiger partial charge is 0.251 e. The molecule has 134 valence electrons. The van der Waals surface area contributed by atoms with Crippen molar-refractivity contribution in [3.8, 4) is 11.4 Å². The van der Waals surface area contributed by atoms with E-state index in [1.165, 1.54) is 0 Å². The van der Waals surface area contributed by atoms with Gasteiger partial charge in [-0.2, -0.15) is 0 Å². The SMILES string of the molecule is CCN1CCCC(NC(=O)c2cccc(-c3nc4ccccc4[nH]3)c2)C1. The van der Waals surface area contributed by atoms with E-state index in [1.807, 2.05) is 48.5 Å². The van der Waals surface area contributed by atoms with Crippen LogP contribution in [0.25, 0.3) is 22.4 Å². The molecule has 26 heavy (non-hydrogen) atoms. The van der Waals surface area contributed by atoms with Crippen LogP contribution in [0.15, 0.2) is 48.5 Å². The van der Waals surface area contributed by atoms with E-state index in [0.29, 0.717) is 5.56 Å². The van der Waals surface area contributed by atoms with E-state index in [-0.39, 0.29) is 11.9 Å². The maximum absolute atomic E-state index is 12.7. The fraction of sp³-hybridized carbons (Fsp3) is 0.333. The summed E-state index contributed by atoms with van der Waals surface area (Å²) in [5.74, 6) is 0.779. The quantitative estimate of drug-likeness (QED) is 0.759. The van der Waals surface area contributed by atoms with Crippen LogP contribution >= 0.6 is 0 Å². The minimum Gasteiger partial charge on any atom is -0.348 e. The Kier molecular flexibility index (Phi) is 4.71. The highest BCUT2D eigenvalue weighted by Gasteiger charge is 2.21. The van der Waals surface area contributed by atoms with Gasteiger partial charge in [-0.3, -0.25) is 4.79 Å². The predicted molar refractivity (Wildman–Crippen MR) is 104 cm³/mol. The normalized spacial score (nSPS) is 18.1. The number of para-hydroxylation sites is 2. The van der Waals surface area contributed by atoms with Crippen molar-refractivity contribution in [2.24, 2.45) is 0 Å². The summed E-state index contributed by atoms with van der Waals surface area (Å²) >= 11 is 0. The first-order chi connectivity index (χ1) is 12.7. The number of nitrogens with zero attached hydrogens (tertiary/aromatic N) is 2. The minimum absolute atomic E-state index is 0.00841. The third-order valence-corrected chi connectivity index (χ3v) is 5.08. The molecule has 5 heteroatoms. The number of hydrogen-bond acceptors (Lipinski definition) is 3. The number of nitrogens with one attached hydrogen (secondary N) is 2. The summed E-state index contributed by atoms with van der Waals surface area (Å²) in [5.41, 5.74) is 3.53. The molecule has 4 rings (SSSR count). The number of aromatic nitrogens is 2. The molecule has 0 saturated carbocycles. The van der Waals surface area contributed by atoms with Crippen LogP contribution in [0, 0.1) is 0 Å². The van der Waals surface area contributed by atoms with E-state index in [9.17, 15) is 4.79 Å². The summed E-state index contributed by atoms with van der Waals surface area (Å²) in [4.78, 5) is 23.0. The summed E-state index contributed by atoms with van der Waals surface area (Å²) in [6, 6.07) is 15.8. The van der Waals surface area contributed by atoms with Gasteiger partial charge in [0.1, 0.15) is 5.82 Å². The number of imidazole rings is 1. The minimum atomic E-state index is -0.00841. The Morgan fingerprint density at radius 1 is 1.27 bits per heavy atom. The van der Waals surface area contributed by atoms with Crippen LogP contribution in [0.2, 0.25) is 0 Å². The number of aromatic amines is 1. The van der Waals surface area contributed by atoms with Crippen LogP contribution < -0.4 is 5.32 Å². The highest BCUT2D eigenvalue weighted by Crippen LogP contribution is 2.21. The Labute approximate surface area is 153 Å². The fourth-order valence-electron chi connectivity index (χ4n) is 3.63. The third kappa shape index (κ3) is 3.48. The molecule has 2 aromatic carbocycles. The number of carbonyl (C=O) groups is 1. The zero-order valence-corrected chi connectivity index (χ0v) is 15.0.